The van der Waals surface area contributed by atoms with Gasteiger partial charge in [-0.3, -0.25) is 0 Å². The van der Waals surface area contributed by atoms with E-state index in [0.29, 0.717) is 0 Å². The number of alkyl halides is 3. The molecule has 96 valence electrons. The van der Waals surface area contributed by atoms with Crippen molar-refractivity contribution in [1.29, 1.82) is 5.26 Å². The van der Waals surface area contributed by atoms with E-state index in [9.17, 15) is 13.2 Å². The van der Waals surface area contributed by atoms with Crippen LogP contribution in [0.1, 0.15) is 24.6 Å². The van der Waals surface area contributed by atoms with Gasteiger partial charge in [-0.15, -0.1) is 0 Å². The van der Waals surface area contributed by atoms with E-state index in [4.69, 9.17) is 10.00 Å². The molecule has 0 saturated heterocycles. The Balaban J connectivity index is 2.93. The van der Waals surface area contributed by atoms with Crippen molar-refractivity contribution in [2.45, 2.75) is 19.5 Å². The third-order valence-corrected chi connectivity index (χ3v) is 1.99. The summed E-state index contributed by atoms with van der Waals surface area (Å²) >= 11 is 0. The van der Waals surface area contributed by atoms with Crippen molar-refractivity contribution in [2.24, 2.45) is 0 Å². The predicted molar refractivity (Wildman–Crippen MR) is 58.9 cm³/mol. The lowest BCUT2D eigenvalue weighted by Crippen LogP contribution is -2.10. The smallest absolute Gasteiger partial charge is 0.433 e. The molecule has 1 aromatic heterocycles. The number of hydrogen-bond donors (Lipinski definition) is 0. The summed E-state index contributed by atoms with van der Waals surface area (Å²) in [6.45, 7) is 2.00. The fourth-order valence-corrected chi connectivity index (χ4v) is 1.16. The van der Waals surface area contributed by atoms with Gasteiger partial charge in [-0.05, 0) is 18.6 Å². The van der Waals surface area contributed by atoms with Gasteiger partial charge >= 0.3 is 6.18 Å². The Kier molecular flexibility index (Phi) is 4.72. The second kappa shape index (κ2) is 6.05. The van der Waals surface area contributed by atoms with Crippen LogP contribution in [0.2, 0.25) is 0 Å². The first-order valence-corrected chi connectivity index (χ1v) is 5.25. The van der Waals surface area contributed by atoms with Gasteiger partial charge < -0.3 is 4.74 Å². The number of allylic oxidation sites excluding steroid dienone is 1. The van der Waals surface area contributed by atoms with E-state index in [-0.39, 0.29) is 18.1 Å². The molecular formula is C12H11F3N2O. The molecule has 1 heterocycles. The number of pyridine rings is 1. The molecule has 0 aliphatic rings. The summed E-state index contributed by atoms with van der Waals surface area (Å²) in [6, 6.07) is 3.54. The number of nitriles is 1. The SMILES string of the molecule is CC/C=C\COc1nc(C(F)(F)F)ccc1C#N. The minimum Gasteiger partial charge on any atom is -0.472 e. The van der Waals surface area contributed by atoms with Gasteiger partial charge in [-0.1, -0.05) is 19.1 Å². The Morgan fingerprint density at radius 3 is 2.67 bits per heavy atom. The number of halogens is 3. The standard InChI is InChI=1S/C12H11F3N2O/c1-2-3-4-7-18-11-9(8-16)5-6-10(17-11)12(13,14)15/h3-6H,2,7H2,1H3/b4-3-. The lowest BCUT2D eigenvalue weighted by Gasteiger charge is -2.09. The molecule has 0 aliphatic heterocycles. The molecule has 0 spiro atoms. The molecule has 0 atom stereocenters. The Morgan fingerprint density at radius 2 is 2.11 bits per heavy atom. The topological polar surface area (TPSA) is 45.9 Å². The molecule has 3 nitrogen and oxygen atoms in total. The van der Waals surface area contributed by atoms with Crippen molar-refractivity contribution in [1.82, 2.24) is 4.98 Å². The van der Waals surface area contributed by atoms with E-state index < -0.39 is 11.9 Å². The quantitative estimate of drug-likeness (QED) is 0.776. The number of aromatic nitrogens is 1. The maximum atomic E-state index is 12.4. The van der Waals surface area contributed by atoms with Crippen molar-refractivity contribution in [3.05, 3.63) is 35.5 Å². The Bertz CT molecular complexity index is 475. The molecule has 0 bridgehead atoms. The summed E-state index contributed by atoms with van der Waals surface area (Å²) < 4.78 is 42.3. The molecule has 0 aliphatic carbocycles. The lowest BCUT2D eigenvalue weighted by atomic mass is 10.2. The third kappa shape index (κ3) is 3.77. The number of nitrogens with zero attached hydrogens (tertiary/aromatic N) is 2. The van der Waals surface area contributed by atoms with Gasteiger partial charge in [0.1, 0.15) is 23.9 Å². The molecule has 0 unspecified atom stereocenters. The van der Waals surface area contributed by atoms with Gasteiger partial charge in [0.05, 0.1) is 0 Å². The molecule has 0 fully saturated rings. The maximum Gasteiger partial charge on any atom is 0.433 e. The zero-order chi connectivity index (χ0) is 13.6. The Hall–Kier alpha value is -2.03. The zero-order valence-electron chi connectivity index (χ0n) is 9.66. The number of hydrogen-bond acceptors (Lipinski definition) is 3. The summed E-state index contributed by atoms with van der Waals surface area (Å²) in [4.78, 5) is 3.31. The summed E-state index contributed by atoms with van der Waals surface area (Å²) in [5.41, 5.74) is -1.09. The molecule has 1 rings (SSSR count). The number of ether oxygens (including phenoxy) is 1. The Morgan fingerprint density at radius 1 is 1.39 bits per heavy atom. The van der Waals surface area contributed by atoms with Crippen molar-refractivity contribution in [2.75, 3.05) is 6.61 Å². The molecule has 0 N–H and O–H groups in total. The molecular weight excluding hydrogens is 245 g/mol. The van der Waals surface area contributed by atoms with Crippen molar-refractivity contribution in [3.63, 3.8) is 0 Å². The van der Waals surface area contributed by atoms with Gasteiger partial charge in [0.15, 0.2) is 0 Å². The minimum absolute atomic E-state index is 0.0205. The second-order valence-electron chi connectivity index (χ2n) is 3.35. The van der Waals surface area contributed by atoms with Crippen molar-refractivity contribution in [3.8, 4) is 11.9 Å². The minimum atomic E-state index is -4.55. The fourth-order valence-electron chi connectivity index (χ4n) is 1.16. The van der Waals surface area contributed by atoms with Crippen LogP contribution in [0.15, 0.2) is 24.3 Å². The van der Waals surface area contributed by atoms with E-state index in [1.807, 2.05) is 6.92 Å². The lowest BCUT2D eigenvalue weighted by molar-refractivity contribution is -0.141. The van der Waals surface area contributed by atoms with Gasteiger partial charge in [-0.2, -0.15) is 18.4 Å². The highest BCUT2D eigenvalue weighted by atomic mass is 19.4. The third-order valence-electron chi connectivity index (χ3n) is 1.99. The summed E-state index contributed by atoms with van der Waals surface area (Å²) in [6.07, 6.45) is -0.293. The first-order chi connectivity index (χ1) is 8.49. The zero-order valence-corrected chi connectivity index (χ0v) is 9.66. The summed E-state index contributed by atoms with van der Waals surface area (Å²) in [5.74, 6) is -0.298. The first kappa shape index (κ1) is 14.0. The van der Waals surface area contributed by atoms with Crippen LogP contribution >= 0.6 is 0 Å². The molecule has 0 saturated carbocycles. The van der Waals surface area contributed by atoms with Crippen LogP contribution in [0.25, 0.3) is 0 Å². The highest BCUT2D eigenvalue weighted by Crippen LogP contribution is 2.29. The van der Waals surface area contributed by atoms with Crippen LogP contribution in [0, 0.1) is 11.3 Å². The number of rotatable bonds is 4. The molecule has 1 aromatic rings. The first-order valence-electron chi connectivity index (χ1n) is 5.25. The Labute approximate surface area is 103 Å². The molecule has 0 amide bonds. The van der Waals surface area contributed by atoms with Crippen LogP contribution in [0.4, 0.5) is 13.2 Å². The molecule has 0 radical (unpaired) electrons. The summed E-state index contributed by atoms with van der Waals surface area (Å²) in [5, 5.41) is 8.75. The van der Waals surface area contributed by atoms with Crippen molar-refractivity contribution >= 4 is 0 Å². The highest BCUT2D eigenvalue weighted by molar-refractivity contribution is 5.39. The van der Waals surface area contributed by atoms with E-state index in [2.05, 4.69) is 4.98 Å². The molecule has 18 heavy (non-hydrogen) atoms. The average molecular weight is 256 g/mol. The van der Waals surface area contributed by atoms with Gasteiger partial charge in [0.2, 0.25) is 5.88 Å². The fraction of sp³-hybridized carbons (Fsp3) is 0.333. The van der Waals surface area contributed by atoms with Gasteiger partial charge in [-0.25, -0.2) is 4.98 Å². The second-order valence-corrected chi connectivity index (χ2v) is 3.35. The molecule has 6 heteroatoms. The summed E-state index contributed by atoms with van der Waals surface area (Å²) in [7, 11) is 0. The van der Waals surface area contributed by atoms with E-state index in [1.165, 1.54) is 0 Å². The van der Waals surface area contributed by atoms with Crippen LogP contribution in [0.5, 0.6) is 5.88 Å². The van der Waals surface area contributed by atoms with Crippen LogP contribution in [-0.2, 0) is 6.18 Å². The van der Waals surface area contributed by atoms with Gasteiger partial charge in [0, 0.05) is 0 Å². The maximum absolute atomic E-state index is 12.4. The monoisotopic (exact) mass is 256 g/mol. The van der Waals surface area contributed by atoms with E-state index in [1.54, 1.807) is 18.2 Å². The van der Waals surface area contributed by atoms with Crippen LogP contribution in [-0.4, -0.2) is 11.6 Å². The molecule has 0 aromatic carbocycles. The normalized spacial score (nSPS) is 11.5. The average Bonchev–Trinajstić information content (AvgIpc) is 2.33. The van der Waals surface area contributed by atoms with Crippen molar-refractivity contribution < 1.29 is 17.9 Å². The van der Waals surface area contributed by atoms with Crippen LogP contribution in [0.3, 0.4) is 0 Å². The largest absolute Gasteiger partial charge is 0.472 e. The predicted octanol–water partition coefficient (Wildman–Crippen LogP) is 3.32. The van der Waals surface area contributed by atoms with Gasteiger partial charge in [0.25, 0.3) is 0 Å². The van der Waals surface area contributed by atoms with E-state index >= 15 is 0 Å². The van der Waals surface area contributed by atoms with Crippen LogP contribution < -0.4 is 4.74 Å². The highest BCUT2D eigenvalue weighted by Gasteiger charge is 2.33. The van der Waals surface area contributed by atoms with E-state index in [0.717, 1.165) is 18.6 Å².